The second-order valence-electron chi connectivity index (χ2n) is 6.82. The molecule has 0 amide bonds. The van der Waals surface area contributed by atoms with Crippen LogP contribution in [0.5, 0.6) is 5.75 Å². The van der Waals surface area contributed by atoms with Gasteiger partial charge in [-0.05, 0) is 18.6 Å². The van der Waals surface area contributed by atoms with Crippen molar-refractivity contribution in [2.24, 2.45) is 0 Å². The van der Waals surface area contributed by atoms with E-state index in [-0.39, 0.29) is 18.4 Å². The molecule has 0 aromatic heterocycles. The highest BCUT2D eigenvalue weighted by Crippen LogP contribution is 2.24. The first-order valence-electron chi connectivity index (χ1n) is 9.57. The number of benzene rings is 1. The number of hydrogen-bond donors (Lipinski definition) is 1. The molecule has 5 nitrogen and oxygen atoms in total. The summed E-state index contributed by atoms with van der Waals surface area (Å²) in [6.45, 7) is 4.49. The van der Waals surface area contributed by atoms with Gasteiger partial charge in [-0.15, -0.1) is 0 Å². The van der Waals surface area contributed by atoms with E-state index < -0.39 is 10.0 Å². The zero-order valence-electron chi connectivity index (χ0n) is 16.0. The van der Waals surface area contributed by atoms with Gasteiger partial charge in [0.25, 0.3) is 0 Å². The minimum Gasteiger partial charge on any atom is -1.00 e. The van der Waals surface area contributed by atoms with Gasteiger partial charge in [0, 0.05) is 6.07 Å². The molecular formula is C19H33ClN2O3S. The summed E-state index contributed by atoms with van der Waals surface area (Å²) in [5, 5.41) is 2.24. The summed E-state index contributed by atoms with van der Waals surface area (Å²) in [4.78, 5) is 0.335. The highest BCUT2D eigenvalue weighted by atomic mass is 35.5. The third-order valence-corrected chi connectivity index (χ3v) is 6.89. The smallest absolute Gasteiger partial charge is 0.243 e. The third kappa shape index (κ3) is 6.41. The van der Waals surface area contributed by atoms with Crippen LogP contribution in [0.3, 0.4) is 0 Å². The lowest BCUT2D eigenvalue weighted by Crippen LogP contribution is -3.00. The van der Waals surface area contributed by atoms with Crippen LogP contribution in [0.15, 0.2) is 29.2 Å². The summed E-state index contributed by atoms with van der Waals surface area (Å²) in [6, 6.07) is 6.89. The SMILES string of the molecule is CCCCCCCCC1C[NH2+]CCN1S(=O)(=O)c1cccc(OC)c1.[Cl-]. The molecule has 7 heteroatoms. The topological polar surface area (TPSA) is 63.2 Å². The lowest BCUT2D eigenvalue weighted by Gasteiger charge is -2.33. The van der Waals surface area contributed by atoms with Crippen LogP contribution in [0.1, 0.15) is 51.9 Å². The Kier molecular flexibility index (Phi) is 10.5. The minimum absolute atomic E-state index is 0. The number of hydrogen-bond acceptors (Lipinski definition) is 3. The van der Waals surface area contributed by atoms with Gasteiger partial charge in [0.15, 0.2) is 0 Å². The summed E-state index contributed by atoms with van der Waals surface area (Å²) in [6.07, 6.45) is 8.35. The summed E-state index contributed by atoms with van der Waals surface area (Å²) < 4.78 is 33.1. The molecule has 1 fully saturated rings. The molecule has 1 atom stereocenters. The van der Waals surface area contributed by atoms with E-state index in [1.165, 1.54) is 32.1 Å². The van der Waals surface area contributed by atoms with E-state index in [0.29, 0.717) is 17.2 Å². The summed E-state index contributed by atoms with van der Waals surface area (Å²) in [5.74, 6) is 0.581. The predicted molar refractivity (Wildman–Crippen MR) is 100 cm³/mol. The number of ether oxygens (including phenoxy) is 1. The summed E-state index contributed by atoms with van der Waals surface area (Å²) in [7, 11) is -1.90. The molecule has 0 aliphatic carbocycles. The van der Waals surface area contributed by atoms with Gasteiger partial charge in [-0.25, -0.2) is 8.42 Å². The number of quaternary nitrogens is 1. The van der Waals surface area contributed by atoms with E-state index in [9.17, 15) is 8.42 Å². The maximum absolute atomic E-state index is 13.1. The quantitative estimate of drug-likeness (QED) is 0.529. The Morgan fingerprint density at radius 1 is 1.19 bits per heavy atom. The molecule has 0 spiro atoms. The first-order chi connectivity index (χ1) is 12.1. The van der Waals surface area contributed by atoms with Gasteiger partial charge in [0.2, 0.25) is 10.0 Å². The van der Waals surface area contributed by atoms with E-state index in [2.05, 4.69) is 12.2 Å². The van der Waals surface area contributed by atoms with Gasteiger partial charge in [-0.2, -0.15) is 4.31 Å². The zero-order chi connectivity index (χ0) is 18.1. The fourth-order valence-corrected chi connectivity index (χ4v) is 5.18. The monoisotopic (exact) mass is 404 g/mol. The number of piperazine rings is 1. The van der Waals surface area contributed by atoms with Crippen LogP contribution in [0, 0.1) is 0 Å². The Balaban J connectivity index is 0.00000338. The molecule has 1 aliphatic heterocycles. The molecule has 2 rings (SSSR count). The van der Waals surface area contributed by atoms with Crippen molar-refractivity contribution in [2.75, 3.05) is 26.7 Å². The van der Waals surface area contributed by atoms with Gasteiger partial charge in [-0.3, -0.25) is 0 Å². The van der Waals surface area contributed by atoms with Crippen LogP contribution in [0.25, 0.3) is 0 Å². The van der Waals surface area contributed by atoms with Crippen LogP contribution >= 0.6 is 0 Å². The summed E-state index contributed by atoms with van der Waals surface area (Å²) >= 11 is 0. The third-order valence-electron chi connectivity index (χ3n) is 4.94. The first kappa shape index (κ1) is 23.2. The van der Waals surface area contributed by atoms with E-state index in [0.717, 1.165) is 25.9 Å². The van der Waals surface area contributed by atoms with Crippen LogP contribution in [-0.2, 0) is 10.0 Å². The van der Waals surface area contributed by atoms with Crippen LogP contribution in [0.4, 0.5) is 0 Å². The highest BCUT2D eigenvalue weighted by molar-refractivity contribution is 7.89. The molecule has 150 valence electrons. The van der Waals surface area contributed by atoms with Crippen molar-refractivity contribution < 1.29 is 30.9 Å². The number of halogens is 1. The van der Waals surface area contributed by atoms with E-state index in [4.69, 9.17) is 4.74 Å². The molecule has 1 aromatic carbocycles. The Hall–Kier alpha value is -0.820. The van der Waals surface area contributed by atoms with E-state index in [1.807, 2.05) is 0 Å². The Labute approximate surface area is 165 Å². The van der Waals surface area contributed by atoms with Gasteiger partial charge in [-0.1, -0.05) is 51.5 Å². The normalized spacial score (nSPS) is 18.3. The number of rotatable bonds is 10. The second-order valence-corrected chi connectivity index (χ2v) is 8.71. The fraction of sp³-hybridized carbons (Fsp3) is 0.684. The Morgan fingerprint density at radius 2 is 1.92 bits per heavy atom. The van der Waals surface area contributed by atoms with Gasteiger partial charge in [0.1, 0.15) is 5.75 Å². The van der Waals surface area contributed by atoms with Gasteiger partial charge >= 0.3 is 0 Å². The van der Waals surface area contributed by atoms with Crippen molar-refractivity contribution in [3.63, 3.8) is 0 Å². The highest BCUT2D eigenvalue weighted by Gasteiger charge is 2.35. The minimum atomic E-state index is -3.46. The van der Waals surface area contributed by atoms with Gasteiger partial charge in [0.05, 0.1) is 37.7 Å². The van der Waals surface area contributed by atoms with E-state index in [1.54, 1.807) is 35.7 Å². The van der Waals surface area contributed by atoms with Crippen molar-refractivity contribution in [3.8, 4) is 5.75 Å². The zero-order valence-corrected chi connectivity index (χ0v) is 17.6. The molecule has 0 bridgehead atoms. The van der Waals surface area contributed by atoms with Crippen molar-refractivity contribution in [3.05, 3.63) is 24.3 Å². The number of methoxy groups -OCH3 is 1. The molecule has 1 aromatic rings. The molecule has 0 radical (unpaired) electrons. The van der Waals surface area contributed by atoms with E-state index >= 15 is 0 Å². The number of nitrogens with zero attached hydrogens (tertiary/aromatic N) is 1. The van der Waals surface area contributed by atoms with Gasteiger partial charge < -0.3 is 22.5 Å². The Bertz CT molecular complexity index is 625. The lowest BCUT2D eigenvalue weighted by molar-refractivity contribution is -0.667. The Morgan fingerprint density at radius 3 is 2.65 bits per heavy atom. The van der Waals surface area contributed by atoms with Crippen molar-refractivity contribution in [2.45, 2.75) is 62.8 Å². The predicted octanol–water partition coefficient (Wildman–Crippen LogP) is -0.614. The van der Waals surface area contributed by atoms with Crippen molar-refractivity contribution in [1.29, 1.82) is 0 Å². The molecule has 1 unspecified atom stereocenters. The van der Waals surface area contributed by atoms with Crippen molar-refractivity contribution in [1.82, 2.24) is 4.31 Å². The molecule has 26 heavy (non-hydrogen) atoms. The molecule has 0 saturated carbocycles. The number of sulfonamides is 1. The van der Waals surface area contributed by atoms with Crippen LogP contribution in [0.2, 0.25) is 0 Å². The maximum Gasteiger partial charge on any atom is 0.243 e. The lowest BCUT2D eigenvalue weighted by atomic mass is 10.0. The average molecular weight is 405 g/mol. The largest absolute Gasteiger partial charge is 1.00 e. The second kappa shape index (κ2) is 11.8. The van der Waals surface area contributed by atoms with Crippen LogP contribution < -0.4 is 22.5 Å². The molecule has 1 aliphatic rings. The molecule has 1 heterocycles. The average Bonchev–Trinajstić information content (AvgIpc) is 2.65. The summed E-state index contributed by atoms with van der Waals surface area (Å²) in [5.41, 5.74) is 0. The van der Waals surface area contributed by atoms with Crippen LogP contribution in [-0.4, -0.2) is 45.5 Å². The standard InChI is InChI=1S/C19H32N2O3S.ClH/c1-3-4-5-6-7-8-10-17-16-20-13-14-21(17)25(22,23)19-12-9-11-18(15-19)24-2;/h9,11-12,15,17,20H,3-8,10,13-14,16H2,1-2H3;1H. The fourth-order valence-electron chi connectivity index (χ4n) is 3.46. The molecule has 1 saturated heterocycles. The first-order valence-corrected chi connectivity index (χ1v) is 11.0. The van der Waals surface area contributed by atoms with Crippen molar-refractivity contribution >= 4 is 10.0 Å². The maximum atomic E-state index is 13.1. The number of nitrogens with two attached hydrogens (primary N) is 1. The molecule has 2 N–H and O–H groups in total. The number of unbranched alkanes of at least 4 members (excludes halogenated alkanes) is 5. The molecular weight excluding hydrogens is 372 g/mol.